The SMILES string of the molecule is CCCNCC(O)COCC(F)(F)C(F)F. The average Bonchev–Trinajstić information content (AvgIpc) is 2.17. The first-order valence-electron chi connectivity index (χ1n) is 5.02. The summed E-state index contributed by atoms with van der Waals surface area (Å²) in [6.45, 7) is 1.03. The van der Waals surface area contributed by atoms with Gasteiger partial charge in [0.05, 0.1) is 12.7 Å². The lowest BCUT2D eigenvalue weighted by Crippen LogP contribution is -2.36. The van der Waals surface area contributed by atoms with E-state index in [1.165, 1.54) is 0 Å². The molecule has 0 aromatic carbocycles. The Morgan fingerprint density at radius 1 is 1.38 bits per heavy atom. The van der Waals surface area contributed by atoms with Crippen molar-refractivity contribution in [2.75, 3.05) is 26.3 Å². The minimum Gasteiger partial charge on any atom is -0.389 e. The van der Waals surface area contributed by atoms with Crippen LogP contribution in [0, 0.1) is 0 Å². The number of hydrogen-bond acceptors (Lipinski definition) is 3. The number of ether oxygens (including phenoxy) is 1. The molecule has 98 valence electrons. The van der Waals surface area contributed by atoms with Crippen molar-refractivity contribution in [1.82, 2.24) is 5.32 Å². The molecule has 1 unspecified atom stereocenters. The first kappa shape index (κ1) is 15.6. The summed E-state index contributed by atoms with van der Waals surface area (Å²) in [5, 5.41) is 12.0. The predicted octanol–water partition coefficient (Wildman–Crippen LogP) is 1.26. The highest BCUT2D eigenvalue weighted by molar-refractivity contribution is 4.68. The van der Waals surface area contributed by atoms with Gasteiger partial charge in [-0.15, -0.1) is 0 Å². The van der Waals surface area contributed by atoms with Crippen LogP contribution >= 0.6 is 0 Å². The van der Waals surface area contributed by atoms with Crippen molar-refractivity contribution >= 4 is 0 Å². The molecule has 0 amide bonds. The molecule has 16 heavy (non-hydrogen) atoms. The zero-order chi connectivity index (χ0) is 12.6. The van der Waals surface area contributed by atoms with Gasteiger partial charge in [0.1, 0.15) is 6.61 Å². The number of aliphatic hydroxyl groups is 1. The number of alkyl halides is 4. The highest BCUT2D eigenvalue weighted by Gasteiger charge is 2.41. The molecule has 0 fully saturated rings. The van der Waals surface area contributed by atoms with Crippen LogP contribution in [-0.4, -0.2) is 49.9 Å². The lowest BCUT2D eigenvalue weighted by Gasteiger charge is -2.17. The fourth-order valence-electron chi connectivity index (χ4n) is 0.898. The molecular formula is C9H17F4NO2. The summed E-state index contributed by atoms with van der Waals surface area (Å²) in [6, 6.07) is 0. The van der Waals surface area contributed by atoms with Crippen LogP contribution in [0.1, 0.15) is 13.3 Å². The standard InChI is InChI=1S/C9H17F4NO2/c1-2-3-14-4-7(15)5-16-6-9(12,13)8(10)11/h7-8,14-15H,2-6H2,1H3. The van der Waals surface area contributed by atoms with Crippen LogP contribution in [-0.2, 0) is 4.74 Å². The van der Waals surface area contributed by atoms with Crippen LogP contribution in [0.25, 0.3) is 0 Å². The topological polar surface area (TPSA) is 41.5 Å². The summed E-state index contributed by atoms with van der Waals surface area (Å²) in [7, 11) is 0. The van der Waals surface area contributed by atoms with Gasteiger partial charge in [0.2, 0.25) is 0 Å². The third kappa shape index (κ3) is 6.97. The third-order valence-electron chi connectivity index (χ3n) is 1.73. The summed E-state index contributed by atoms with van der Waals surface area (Å²) in [6.07, 6.45) is -3.85. The Kier molecular flexibility index (Phi) is 7.61. The van der Waals surface area contributed by atoms with Crippen LogP contribution in [0.4, 0.5) is 17.6 Å². The molecule has 0 bridgehead atoms. The Morgan fingerprint density at radius 3 is 2.50 bits per heavy atom. The van der Waals surface area contributed by atoms with Gasteiger partial charge in [-0.25, -0.2) is 8.78 Å². The minimum absolute atomic E-state index is 0.189. The van der Waals surface area contributed by atoms with Gasteiger partial charge < -0.3 is 15.2 Å². The summed E-state index contributed by atoms with van der Waals surface area (Å²) in [5.74, 6) is -4.16. The van der Waals surface area contributed by atoms with Crippen LogP contribution in [0.2, 0.25) is 0 Å². The van der Waals surface area contributed by atoms with Crippen molar-refractivity contribution in [3.05, 3.63) is 0 Å². The molecular weight excluding hydrogens is 230 g/mol. The maximum atomic E-state index is 12.3. The van der Waals surface area contributed by atoms with Crippen molar-refractivity contribution in [3.63, 3.8) is 0 Å². The number of hydrogen-bond donors (Lipinski definition) is 2. The second kappa shape index (κ2) is 7.81. The number of rotatable bonds is 9. The average molecular weight is 247 g/mol. The van der Waals surface area contributed by atoms with E-state index < -0.39 is 25.1 Å². The van der Waals surface area contributed by atoms with Gasteiger partial charge in [-0.05, 0) is 13.0 Å². The Hall–Kier alpha value is -0.400. The summed E-state index contributed by atoms with van der Waals surface area (Å²) >= 11 is 0. The fourth-order valence-corrected chi connectivity index (χ4v) is 0.898. The van der Waals surface area contributed by atoms with E-state index in [-0.39, 0.29) is 13.2 Å². The highest BCUT2D eigenvalue weighted by atomic mass is 19.3. The van der Waals surface area contributed by atoms with Crippen molar-refractivity contribution in [3.8, 4) is 0 Å². The van der Waals surface area contributed by atoms with E-state index in [0.29, 0.717) is 6.54 Å². The van der Waals surface area contributed by atoms with Gasteiger partial charge >= 0.3 is 12.3 Å². The van der Waals surface area contributed by atoms with Gasteiger partial charge in [0, 0.05) is 6.54 Å². The maximum Gasteiger partial charge on any atom is 0.330 e. The molecule has 7 heteroatoms. The van der Waals surface area contributed by atoms with E-state index in [1.54, 1.807) is 0 Å². The smallest absolute Gasteiger partial charge is 0.330 e. The molecule has 0 aliphatic heterocycles. The molecule has 0 aliphatic rings. The molecule has 0 aromatic heterocycles. The van der Waals surface area contributed by atoms with Crippen LogP contribution in [0.3, 0.4) is 0 Å². The van der Waals surface area contributed by atoms with E-state index in [2.05, 4.69) is 10.1 Å². The Labute approximate surface area is 91.8 Å². The highest BCUT2D eigenvalue weighted by Crippen LogP contribution is 2.22. The zero-order valence-corrected chi connectivity index (χ0v) is 9.06. The van der Waals surface area contributed by atoms with E-state index in [0.717, 1.165) is 6.42 Å². The molecule has 3 nitrogen and oxygen atoms in total. The normalized spacial score (nSPS) is 14.4. The van der Waals surface area contributed by atoms with Crippen LogP contribution in [0.5, 0.6) is 0 Å². The molecule has 0 aromatic rings. The van der Waals surface area contributed by atoms with Crippen molar-refractivity contribution in [2.24, 2.45) is 0 Å². The molecule has 0 aliphatic carbocycles. The second-order valence-electron chi connectivity index (χ2n) is 3.43. The third-order valence-corrected chi connectivity index (χ3v) is 1.73. The van der Waals surface area contributed by atoms with E-state index in [4.69, 9.17) is 0 Å². The van der Waals surface area contributed by atoms with Crippen LogP contribution < -0.4 is 5.32 Å². The molecule has 0 heterocycles. The summed E-state index contributed by atoms with van der Waals surface area (Å²) in [5.41, 5.74) is 0. The maximum absolute atomic E-state index is 12.3. The molecule has 1 atom stereocenters. The molecule has 2 N–H and O–H groups in total. The Balaban J connectivity index is 3.57. The van der Waals surface area contributed by atoms with E-state index >= 15 is 0 Å². The molecule has 0 rings (SSSR count). The van der Waals surface area contributed by atoms with E-state index in [9.17, 15) is 22.7 Å². The van der Waals surface area contributed by atoms with Gasteiger partial charge in [-0.1, -0.05) is 6.92 Å². The van der Waals surface area contributed by atoms with Gasteiger partial charge in [-0.2, -0.15) is 8.78 Å². The molecule has 0 radical (unpaired) electrons. The fraction of sp³-hybridized carbons (Fsp3) is 1.00. The molecule has 0 saturated heterocycles. The van der Waals surface area contributed by atoms with Gasteiger partial charge in [-0.3, -0.25) is 0 Å². The summed E-state index contributed by atoms with van der Waals surface area (Å²) < 4.78 is 52.4. The quantitative estimate of drug-likeness (QED) is 0.476. The molecule has 0 spiro atoms. The first-order valence-corrected chi connectivity index (χ1v) is 5.02. The lowest BCUT2D eigenvalue weighted by atomic mass is 10.3. The summed E-state index contributed by atoms with van der Waals surface area (Å²) in [4.78, 5) is 0. The van der Waals surface area contributed by atoms with Crippen molar-refractivity contribution < 1.29 is 27.4 Å². The van der Waals surface area contributed by atoms with Crippen molar-refractivity contribution in [2.45, 2.75) is 31.8 Å². The number of nitrogens with one attached hydrogen (secondary N) is 1. The van der Waals surface area contributed by atoms with Gasteiger partial charge in [0.15, 0.2) is 0 Å². The van der Waals surface area contributed by atoms with Crippen molar-refractivity contribution in [1.29, 1.82) is 0 Å². The van der Waals surface area contributed by atoms with Crippen LogP contribution in [0.15, 0.2) is 0 Å². The lowest BCUT2D eigenvalue weighted by molar-refractivity contribution is -0.170. The van der Waals surface area contributed by atoms with E-state index in [1.807, 2.05) is 6.92 Å². The monoisotopic (exact) mass is 247 g/mol. The second-order valence-corrected chi connectivity index (χ2v) is 3.43. The number of aliphatic hydroxyl groups excluding tert-OH is 1. The minimum atomic E-state index is -4.16. The first-order chi connectivity index (χ1) is 7.40. The molecule has 0 saturated carbocycles. The largest absolute Gasteiger partial charge is 0.389 e. The number of halogens is 4. The Bertz CT molecular complexity index is 181. The predicted molar refractivity (Wildman–Crippen MR) is 50.9 cm³/mol. The van der Waals surface area contributed by atoms with Gasteiger partial charge in [0.25, 0.3) is 0 Å². The zero-order valence-electron chi connectivity index (χ0n) is 9.06. The Morgan fingerprint density at radius 2 is 2.00 bits per heavy atom.